The van der Waals surface area contributed by atoms with Crippen LogP contribution in [0.2, 0.25) is 10.0 Å². The number of hydrogen-bond donors (Lipinski definition) is 1. The maximum absolute atomic E-state index is 12.6. The summed E-state index contributed by atoms with van der Waals surface area (Å²) in [5, 5.41) is 10.5. The van der Waals surface area contributed by atoms with Crippen molar-refractivity contribution in [2.45, 2.75) is 9.79 Å². The maximum Gasteiger partial charge on any atom is 0.254 e. The van der Waals surface area contributed by atoms with Gasteiger partial charge in [0.2, 0.25) is 0 Å². The number of aromatic hydroxyl groups is 1. The highest BCUT2D eigenvalue weighted by atomic mass is 35.5. The molecule has 3 rings (SSSR count). The fourth-order valence-corrected chi connectivity index (χ4v) is 4.08. The van der Waals surface area contributed by atoms with E-state index in [9.17, 15) is 9.90 Å². The summed E-state index contributed by atoms with van der Waals surface area (Å²) in [6, 6.07) is 10.5. The van der Waals surface area contributed by atoms with Crippen molar-refractivity contribution in [3.05, 3.63) is 58.6 Å². The van der Waals surface area contributed by atoms with Crippen LogP contribution in [-0.2, 0) is 9.53 Å². The van der Waals surface area contributed by atoms with Crippen molar-refractivity contribution in [1.29, 1.82) is 0 Å². The number of para-hydroxylation sites is 1. The molecule has 0 unspecified atom stereocenters. The second-order valence-corrected chi connectivity index (χ2v) is 7.53. The molecule has 2 aromatic rings. The van der Waals surface area contributed by atoms with Gasteiger partial charge in [0.25, 0.3) is 5.91 Å². The molecule has 26 heavy (non-hydrogen) atoms. The van der Waals surface area contributed by atoms with Crippen LogP contribution in [0.3, 0.4) is 0 Å². The fraction of sp³-hybridized carbons (Fsp3) is 0.211. The number of morpholine rings is 1. The standard InChI is InChI=1S/C19H17Cl2NO3S/c1-12(19(24)22-8-10-25-11-9-22)13-6-7-16(18(21)17(13)20)26-15-5-3-2-4-14(15)23/h2-7,23H,1,8-11H2. The third-order valence-electron chi connectivity index (χ3n) is 4.01. The van der Waals surface area contributed by atoms with E-state index in [1.165, 1.54) is 11.8 Å². The second-order valence-electron chi connectivity index (χ2n) is 5.69. The zero-order chi connectivity index (χ0) is 18.7. The number of halogens is 2. The van der Waals surface area contributed by atoms with Gasteiger partial charge in [-0.1, -0.05) is 59.7 Å². The molecule has 0 radical (unpaired) electrons. The summed E-state index contributed by atoms with van der Waals surface area (Å²) in [5.41, 5.74) is 0.813. The van der Waals surface area contributed by atoms with Crippen molar-refractivity contribution in [2.75, 3.05) is 26.3 Å². The summed E-state index contributed by atoms with van der Waals surface area (Å²) in [4.78, 5) is 15.7. The van der Waals surface area contributed by atoms with E-state index in [0.29, 0.717) is 52.3 Å². The molecule has 1 saturated heterocycles. The Morgan fingerprint density at radius 1 is 1.08 bits per heavy atom. The molecule has 4 nitrogen and oxygen atoms in total. The van der Waals surface area contributed by atoms with Crippen molar-refractivity contribution in [3.8, 4) is 5.75 Å². The highest BCUT2D eigenvalue weighted by Crippen LogP contribution is 2.42. The van der Waals surface area contributed by atoms with Gasteiger partial charge in [-0.25, -0.2) is 0 Å². The minimum atomic E-state index is -0.174. The van der Waals surface area contributed by atoms with Gasteiger partial charge < -0.3 is 14.7 Å². The van der Waals surface area contributed by atoms with Crippen LogP contribution in [0, 0.1) is 0 Å². The summed E-state index contributed by atoms with van der Waals surface area (Å²) < 4.78 is 5.27. The summed E-state index contributed by atoms with van der Waals surface area (Å²) in [6.45, 7) is 6.01. The van der Waals surface area contributed by atoms with Gasteiger partial charge in [0.05, 0.1) is 28.2 Å². The van der Waals surface area contributed by atoms with Gasteiger partial charge in [-0.2, -0.15) is 0 Å². The number of hydrogen-bond acceptors (Lipinski definition) is 4. The predicted octanol–water partition coefficient (Wildman–Crippen LogP) is 4.72. The Hall–Kier alpha value is -1.66. The molecule has 136 valence electrons. The summed E-state index contributed by atoms with van der Waals surface area (Å²) in [5.74, 6) is -0.00644. The summed E-state index contributed by atoms with van der Waals surface area (Å²) >= 11 is 14.1. The molecule has 0 aromatic heterocycles. The molecule has 1 fully saturated rings. The van der Waals surface area contributed by atoms with Crippen LogP contribution in [0.25, 0.3) is 5.57 Å². The van der Waals surface area contributed by atoms with Crippen LogP contribution < -0.4 is 0 Å². The number of carbonyl (C=O) groups is 1. The predicted molar refractivity (Wildman–Crippen MR) is 105 cm³/mol. The van der Waals surface area contributed by atoms with Gasteiger partial charge in [0.15, 0.2) is 0 Å². The zero-order valence-electron chi connectivity index (χ0n) is 13.9. The average Bonchev–Trinajstić information content (AvgIpc) is 2.67. The molecule has 0 atom stereocenters. The Morgan fingerprint density at radius 2 is 1.77 bits per heavy atom. The van der Waals surface area contributed by atoms with E-state index in [-0.39, 0.29) is 16.7 Å². The van der Waals surface area contributed by atoms with E-state index in [1.807, 2.05) is 6.07 Å². The average molecular weight is 410 g/mol. The number of phenols is 1. The number of amides is 1. The molecule has 7 heteroatoms. The van der Waals surface area contributed by atoms with E-state index in [2.05, 4.69) is 6.58 Å². The lowest BCUT2D eigenvalue weighted by Gasteiger charge is -2.27. The highest BCUT2D eigenvalue weighted by molar-refractivity contribution is 7.99. The topological polar surface area (TPSA) is 49.8 Å². The minimum absolute atomic E-state index is 0.167. The number of carbonyl (C=O) groups excluding carboxylic acids is 1. The van der Waals surface area contributed by atoms with Crippen LogP contribution in [-0.4, -0.2) is 42.2 Å². The van der Waals surface area contributed by atoms with Crippen molar-refractivity contribution >= 4 is 46.4 Å². The normalized spacial score (nSPS) is 14.3. The molecule has 1 heterocycles. The van der Waals surface area contributed by atoms with Crippen LogP contribution in [0.5, 0.6) is 5.75 Å². The van der Waals surface area contributed by atoms with Gasteiger partial charge >= 0.3 is 0 Å². The maximum atomic E-state index is 12.6. The monoisotopic (exact) mass is 409 g/mol. The van der Waals surface area contributed by atoms with Crippen molar-refractivity contribution in [2.24, 2.45) is 0 Å². The number of phenolic OH excluding ortho intramolecular Hbond substituents is 1. The first-order valence-electron chi connectivity index (χ1n) is 7.99. The first kappa shape index (κ1) is 19.1. The van der Waals surface area contributed by atoms with Gasteiger partial charge in [0.1, 0.15) is 5.75 Å². The first-order valence-corrected chi connectivity index (χ1v) is 9.56. The molecule has 1 aliphatic heterocycles. The summed E-state index contributed by atoms with van der Waals surface area (Å²) in [6.07, 6.45) is 0. The minimum Gasteiger partial charge on any atom is -0.507 e. The Kier molecular flexibility index (Phi) is 6.14. The first-order chi connectivity index (χ1) is 12.5. The molecule has 0 spiro atoms. The van der Waals surface area contributed by atoms with E-state index < -0.39 is 0 Å². The van der Waals surface area contributed by atoms with Gasteiger partial charge in [-0.05, 0) is 18.2 Å². The quantitative estimate of drug-likeness (QED) is 0.741. The van der Waals surface area contributed by atoms with E-state index in [0.717, 1.165) is 0 Å². The Bertz CT molecular complexity index is 851. The van der Waals surface area contributed by atoms with Gasteiger partial charge in [-0.15, -0.1) is 0 Å². The van der Waals surface area contributed by atoms with Crippen molar-refractivity contribution < 1.29 is 14.6 Å². The van der Waals surface area contributed by atoms with Gasteiger partial charge in [0, 0.05) is 29.1 Å². The molecule has 0 aliphatic carbocycles. The number of rotatable bonds is 4. The van der Waals surface area contributed by atoms with Crippen molar-refractivity contribution in [1.82, 2.24) is 4.90 Å². The molecule has 1 N–H and O–H groups in total. The molecule has 0 bridgehead atoms. The van der Waals surface area contributed by atoms with Crippen LogP contribution in [0.1, 0.15) is 5.56 Å². The Morgan fingerprint density at radius 3 is 2.46 bits per heavy atom. The molecule has 0 saturated carbocycles. The SMILES string of the molecule is C=C(C(=O)N1CCOCC1)c1ccc(Sc2ccccc2O)c(Cl)c1Cl. The molecule has 1 aliphatic rings. The smallest absolute Gasteiger partial charge is 0.254 e. The van der Waals surface area contributed by atoms with E-state index >= 15 is 0 Å². The van der Waals surface area contributed by atoms with Gasteiger partial charge in [-0.3, -0.25) is 4.79 Å². The molecule has 2 aromatic carbocycles. The lowest BCUT2D eigenvalue weighted by atomic mass is 10.1. The number of nitrogens with zero attached hydrogens (tertiary/aromatic N) is 1. The Balaban J connectivity index is 1.84. The number of benzene rings is 2. The van der Waals surface area contributed by atoms with E-state index in [1.54, 1.807) is 35.2 Å². The highest BCUT2D eigenvalue weighted by Gasteiger charge is 2.23. The molecular formula is C19H17Cl2NO3S. The largest absolute Gasteiger partial charge is 0.507 e. The third kappa shape index (κ3) is 4.01. The third-order valence-corrected chi connectivity index (χ3v) is 6.13. The van der Waals surface area contributed by atoms with Crippen LogP contribution in [0.4, 0.5) is 0 Å². The lowest BCUT2D eigenvalue weighted by molar-refractivity contribution is -0.128. The molecular weight excluding hydrogens is 393 g/mol. The van der Waals surface area contributed by atoms with Crippen LogP contribution in [0.15, 0.2) is 52.8 Å². The van der Waals surface area contributed by atoms with Crippen molar-refractivity contribution in [3.63, 3.8) is 0 Å². The summed E-state index contributed by atoms with van der Waals surface area (Å²) in [7, 11) is 0. The fourth-order valence-electron chi connectivity index (χ4n) is 2.58. The lowest BCUT2D eigenvalue weighted by Crippen LogP contribution is -2.40. The zero-order valence-corrected chi connectivity index (χ0v) is 16.2. The van der Waals surface area contributed by atoms with E-state index in [4.69, 9.17) is 27.9 Å². The molecule has 1 amide bonds. The second kappa shape index (κ2) is 8.35. The van der Waals surface area contributed by atoms with Crippen LogP contribution >= 0.6 is 35.0 Å². The number of ether oxygens (including phenoxy) is 1. The Labute approximate surface area is 166 Å².